The first-order chi connectivity index (χ1) is 10.6. The third-order valence-electron chi connectivity index (χ3n) is 2.81. The van der Waals surface area contributed by atoms with Gasteiger partial charge in [0.15, 0.2) is 0 Å². The molecule has 0 fully saturated rings. The van der Waals surface area contributed by atoms with Gasteiger partial charge >= 0.3 is 5.97 Å². The van der Waals surface area contributed by atoms with E-state index in [-0.39, 0.29) is 11.5 Å². The fourth-order valence-electron chi connectivity index (χ4n) is 1.72. The molecule has 7 heteroatoms. The van der Waals surface area contributed by atoms with Gasteiger partial charge in [-0.15, -0.1) is 22.7 Å². The molecular weight excluding hydrogens is 320 g/mol. The SMILES string of the molecule is COC(=O)c1sc(NC(=O)/C=C/c2cccs2)c(C#N)c1C. The lowest BCUT2D eigenvalue weighted by atomic mass is 10.2. The highest BCUT2D eigenvalue weighted by molar-refractivity contribution is 7.18. The van der Waals surface area contributed by atoms with Gasteiger partial charge in [0.1, 0.15) is 15.9 Å². The van der Waals surface area contributed by atoms with Crippen LogP contribution in [0.25, 0.3) is 6.08 Å². The average Bonchev–Trinajstić information content (AvgIpc) is 3.12. The van der Waals surface area contributed by atoms with Crippen LogP contribution in [-0.4, -0.2) is 19.0 Å². The smallest absolute Gasteiger partial charge is 0.348 e. The average molecular weight is 332 g/mol. The number of esters is 1. The summed E-state index contributed by atoms with van der Waals surface area (Å²) in [5.41, 5.74) is 0.792. The lowest BCUT2D eigenvalue weighted by molar-refractivity contribution is -0.111. The van der Waals surface area contributed by atoms with E-state index in [9.17, 15) is 14.9 Å². The van der Waals surface area contributed by atoms with E-state index in [0.717, 1.165) is 16.2 Å². The predicted molar refractivity (Wildman–Crippen MR) is 87.1 cm³/mol. The Morgan fingerprint density at radius 2 is 2.23 bits per heavy atom. The van der Waals surface area contributed by atoms with Crippen LogP contribution in [0.3, 0.4) is 0 Å². The summed E-state index contributed by atoms with van der Waals surface area (Å²) in [4.78, 5) is 24.8. The monoisotopic (exact) mass is 332 g/mol. The molecule has 112 valence electrons. The minimum atomic E-state index is -0.520. The normalized spacial score (nSPS) is 10.4. The molecule has 0 aliphatic rings. The second-order valence-electron chi connectivity index (χ2n) is 4.20. The number of hydrogen-bond acceptors (Lipinski definition) is 6. The number of nitrogens with zero attached hydrogens (tertiary/aromatic N) is 1. The van der Waals surface area contributed by atoms with Crippen molar-refractivity contribution in [1.82, 2.24) is 0 Å². The Labute approximate surface area is 135 Å². The number of nitrogens with one attached hydrogen (secondary N) is 1. The van der Waals surface area contributed by atoms with Gasteiger partial charge < -0.3 is 10.1 Å². The van der Waals surface area contributed by atoms with Crippen molar-refractivity contribution in [3.63, 3.8) is 0 Å². The van der Waals surface area contributed by atoms with E-state index in [2.05, 4.69) is 10.1 Å². The third-order valence-corrected chi connectivity index (χ3v) is 4.83. The molecule has 2 aromatic heterocycles. The van der Waals surface area contributed by atoms with Gasteiger partial charge in [0.25, 0.3) is 0 Å². The van der Waals surface area contributed by atoms with E-state index in [1.807, 2.05) is 23.6 Å². The highest BCUT2D eigenvalue weighted by Gasteiger charge is 2.21. The minimum Gasteiger partial charge on any atom is -0.465 e. The molecule has 5 nitrogen and oxygen atoms in total. The molecule has 0 aromatic carbocycles. The summed E-state index contributed by atoms with van der Waals surface area (Å²) in [5.74, 6) is -0.879. The minimum absolute atomic E-state index is 0.281. The Morgan fingerprint density at radius 3 is 2.82 bits per heavy atom. The van der Waals surface area contributed by atoms with E-state index < -0.39 is 5.97 Å². The van der Waals surface area contributed by atoms with Crippen molar-refractivity contribution in [2.24, 2.45) is 0 Å². The molecular formula is C15H12N2O3S2. The van der Waals surface area contributed by atoms with Gasteiger partial charge in [0.05, 0.1) is 12.7 Å². The molecule has 2 heterocycles. The van der Waals surface area contributed by atoms with Gasteiger partial charge in [-0.05, 0) is 30.0 Å². The van der Waals surface area contributed by atoms with Crippen LogP contribution in [-0.2, 0) is 9.53 Å². The fraction of sp³-hybridized carbons (Fsp3) is 0.133. The molecule has 0 radical (unpaired) electrons. The zero-order valence-electron chi connectivity index (χ0n) is 11.9. The number of amides is 1. The molecule has 0 saturated heterocycles. The number of rotatable bonds is 4. The van der Waals surface area contributed by atoms with Crippen molar-refractivity contribution in [3.8, 4) is 6.07 Å². The molecule has 0 aliphatic carbocycles. The van der Waals surface area contributed by atoms with Gasteiger partial charge in [0.2, 0.25) is 5.91 Å². The summed E-state index contributed by atoms with van der Waals surface area (Å²) in [6.07, 6.45) is 3.08. The summed E-state index contributed by atoms with van der Waals surface area (Å²) < 4.78 is 4.67. The Kier molecular flexibility index (Phi) is 5.09. The summed E-state index contributed by atoms with van der Waals surface area (Å²) in [6, 6.07) is 5.78. The van der Waals surface area contributed by atoms with Crippen LogP contribution in [0.15, 0.2) is 23.6 Å². The van der Waals surface area contributed by atoms with E-state index in [4.69, 9.17) is 0 Å². The first-order valence-corrected chi connectivity index (χ1v) is 7.90. The number of thiophene rings is 2. The van der Waals surface area contributed by atoms with Gasteiger partial charge in [-0.1, -0.05) is 6.07 Å². The van der Waals surface area contributed by atoms with E-state index >= 15 is 0 Å². The van der Waals surface area contributed by atoms with Crippen LogP contribution in [0.4, 0.5) is 5.00 Å². The second kappa shape index (κ2) is 7.02. The summed E-state index contributed by atoms with van der Waals surface area (Å²) >= 11 is 2.55. The second-order valence-corrected chi connectivity index (χ2v) is 6.20. The summed E-state index contributed by atoms with van der Waals surface area (Å²) in [6.45, 7) is 1.65. The van der Waals surface area contributed by atoms with Crippen LogP contribution in [0.2, 0.25) is 0 Å². The van der Waals surface area contributed by atoms with E-state index in [1.54, 1.807) is 13.0 Å². The number of carbonyl (C=O) groups is 2. The van der Waals surface area contributed by atoms with Gasteiger partial charge in [0, 0.05) is 11.0 Å². The van der Waals surface area contributed by atoms with Gasteiger partial charge in [-0.25, -0.2) is 4.79 Å². The number of carbonyl (C=O) groups excluding carboxylic acids is 2. The van der Waals surface area contributed by atoms with E-state index in [1.165, 1.54) is 24.5 Å². The van der Waals surface area contributed by atoms with Crippen molar-refractivity contribution >= 4 is 45.6 Å². The standard InChI is InChI=1S/C15H12N2O3S2/c1-9-11(8-16)14(22-13(9)15(19)20-2)17-12(18)6-5-10-4-3-7-21-10/h3-7H,1-2H3,(H,17,18)/b6-5+. The largest absolute Gasteiger partial charge is 0.465 e. The van der Waals surface area contributed by atoms with E-state index in [0.29, 0.717) is 15.4 Å². The molecule has 0 saturated carbocycles. The van der Waals surface area contributed by atoms with Crippen molar-refractivity contribution in [3.05, 3.63) is 44.5 Å². The predicted octanol–water partition coefficient (Wildman–Crippen LogP) is 3.43. The molecule has 1 amide bonds. The zero-order chi connectivity index (χ0) is 16.1. The van der Waals surface area contributed by atoms with Crippen LogP contribution < -0.4 is 5.32 Å². The molecule has 2 aromatic rings. The number of ether oxygens (including phenoxy) is 1. The fourth-order valence-corrected chi connectivity index (χ4v) is 3.42. The lowest BCUT2D eigenvalue weighted by Crippen LogP contribution is -2.07. The van der Waals surface area contributed by atoms with Crippen LogP contribution >= 0.6 is 22.7 Å². The number of hydrogen-bond donors (Lipinski definition) is 1. The summed E-state index contributed by atoms with van der Waals surface area (Å²) in [7, 11) is 1.27. The number of nitriles is 1. The van der Waals surface area contributed by atoms with Crippen molar-refractivity contribution in [1.29, 1.82) is 5.26 Å². The maximum absolute atomic E-state index is 11.9. The molecule has 1 N–H and O–H groups in total. The van der Waals surface area contributed by atoms with Crippen LogP contribution in [0.5, 0.6) is 0 Å². The Morgan fingerprint density at radius 1 is 1.45 bits per heavy atom. The van der Waals surface area contributed by atoms with Gasteiger partial charge in [-0.3, -0.25) is 4.79 Å². The lowest BCUT2D eigenvalue weighted by Gasteiger charge is -1.98. The topological polar surface area (TPSA) is 79.2 Å². The zero-order valence-corrected chi connectivity index (χ0v) is 13.5. The molecule has 0 atom stereocenters. The summed E-state index contributed by atoms with van der Waals surface area (Å²) in [5, 5.41) is 14.1. The first-order valence-electron chi connectivity index (χ1n) is 6.21. The molecule has 0 unspecified atom stereocenters. The third kappa shape index (κ3) is 3.42. The molecule has 0 spiro atoms. The maximum Gasteiger partial charge on any atom is 0.348 e. The molecule has 22 heavy (non-hydrogen) atoms. The molecule has 0 aliphatic heterocycles. The maximum atomic E-state index is 11.9. The van der Waals surface area contributed by atoms with Crippen LogP contribution in [0.1, 0.15) is 25.7 Å². The van der Waals surface area contributed by atoms with Crippen molar-refractivity contribution in [2.75, 3.05) is 12.4 Å². The Bertz CT molecular complexity index is 768. The Hall–Kier alpha value is -2.43. The quantitative estimate of drug-likeness (QED) is 0.687. The van der Waals surface area contributed by atoms with Gasteiger partial charge in [-0.2, -0.15) is 5.26 Å². The Balaban J connectivity index is 2.20. The van der Waals surface area contributed by atoms with Crippen LogP contribution in [0, 0.1) is 18.3 Å². The molecule has 2 rings (SSSR count). The van der Waals surface area contributed by atoms with Crippen molar-refractivity contribution < 1.29 is 14.3 Å². The number of methoxy groups -OCH3 is 1. The van der Waals surface area contributed by atoms with Crippen molar-refractivity contribution in [2.45, 2.75) is 6.92 Å². The number of anilines is 1. The highest BCUT2D eigenvalue weighted by Crippen LogP contribution is 2.32. The molecule has 0 bridgehead atoms. The highest BCUT2D eigenvalue weighted by atomic mass is 32.1. The first kappa shape index (κ1) is 15.9.